The molecule has 3 heteroatoms. The first-order valence-corrected chi connectivity index (χ1v) is 7.25. The largest absolute Gasteiger partial charge is 0.399 e. The summed E-state index contributed by atoms with van der Waals surface area (Å²) in [6, 6.07) is 12.5. The minimum atomic E-state index is 0.847. The van der Waals surface area contributed by atoms with Gasteiger partial charge in [-0.1, -0.05) is 25.1 Å². The molecular weight excluding hydrogens is 240 g/mol. The molecular formula is C15H20N2S. The monoisotopic (exact) mass is 260 g/mol. The highest BCUT2D eigenvalue weighted by atomic mass is 32.1. The predicted octanol–water partition coefficient (Wildman–Crippen LogP) is 3.74. The van der Waals surface area contributed by atoms with Crippen molar-refractivity contribution >= 4 is 17.0 Å². The maximum Gasteiger partial charge on any atom is 0.0331 e. The lowest BCUT2D eigenvalue weighted by molar-refractivity contribution is 0.259. The highest BCUT2D eigenvalue weighted by Crippen LogP contribution is 2.15. The Bertz CT molecular complexity index is 465. The van der Waals surface area contributed by atoms with Gasteiger partial charge < -0.3 is 5.73 Å². The van der Waals surface area contributed by atoms with Crippen LogP contribution in [0, 0.1) is 0 Å². The van der Waals surface area contributed by atoms with Crippen LogP contribution in [0.15, 0.2) is 41.8 Å². The van der Waals surface area contributed by atoms with Gasteiger partial charge in [-0.3, -0.25) is 4.90 Å². The molecule has 2 nitrogen and oxygen atoms in total. The van der Waals surface area contributed by atoms with Crippen LogP contribution in [0.2, 0.25) is 0 Å². The van der Waals surface area contributed by atoms with Crippen molar-refractivity contribution in [2.75, 3.05) is 12.3 Å². The van der Waals surface area contributed by atoms with Crippen LogP contribution in [0.3, 0.4) is 0 Å². The molecule has 0 saturated carbocycles. The van der Waals surface area contributed by atoms with E-state index in [1.165, 1.54) is 16.9 Å². The van der Waals surface area contributed by atoms with Crippen molar-refractivity contribution in [3.8, 4) is 0 Å². The van der Waals surface area contributed by atoms with Gasteiger partial charge in [0.05, 0.1) is 0 Å². The lowest BCUT2D eigenvalue weighted by Crippen LogP contribution is -2.23. The molecule has 0 bridgehead atoms. The number of nitrogen functional groups attached to an aromatic ring is 1. The zero-order chi connectivity index (χ0) is 12.8. The quantitative estimate of drug-likeness (QED) is 0.802. The Morgan fingerprint density at radius 1 is 1.17 bits per heavy atom. The number of nitrogens with zero attached hydrogens (tertiary/aromatic N) is 1. The van der Waals surface area contributed by atoms with Gasteiger partial charge in [-0.05, 0) is 42.1 Å². The summed E-state index contributed by atoms with van der Waals surface area (Å²) >= 11 is 1.82. The van der Waals surface area contributed by atoms with Crippen LogP contribution in [0.25, 0.3) is 0 Å². The van der Waals surface area contributed by atoms with Gasteiger partial charge in [0.25, 0.3) is 0 Å². The summed E-state index contributed by atoms with van der Waals surface area (Å²) < 4.78 is 0. The van der Waals surface area contributed by atoms with Crippen molar-refractivity contribution in [2.24, 2.45) is 0 Å². The Morgan fingerprint density at radius 2 is 2.06 bits per heavy atom. The van der Waals surface area contributed by atoms with Gasteiger partial charge in [0, 0.05) is 23.7 Å². The van der Waals surface area contributed by atoms with E-state index < -0.39 is 0 Å². The van der Waals surface area contributed by atoms with Crippen molar-refractivity contribution in [1.29, 1.82) is 0 Å². The van der Waals surface area contributed by atoms with E-state index in [1.54, 1.807) is 0 Å². The van der Waals surface area contributed by atoms with Crippen molar-refractivity contribution in [3.05, 3.63) is 52.2 Å². The van der Waals surface area contributed by atoms with Gasteiger partial charge in [-0.15, -0.1) is 11.3 Å². The van der Waals surface area contributed by atoms with E-state index >= 15 is 0 Å². The third-order valence-corrected chi connectivity index (χ3v) is 3.72. The molecule has 0 spiro atoms. The Balaban J connectivity index is 2.01. The molecule has 1 heterocycles. The Kier molecular flexibility index (Phi) is 4.79. The molecule has 0 aliphatic carbocycles. The second-order valence-electron chi connectivity index (χ2n) is 4.54. The van der Waals surface area contributed by atoms with Gasteiger partial charge in [0.15, 0.2) is 0 Å². The summed E-state index contributed by atoms with van der Waals surface area (Å²) in [5.41, 5.74) is 7.97. The lowest BCUT2D eigenvalue weighted by Gasteiger charge is -2.21. The van der Waals surface area contributed by atoms with E-state index in [4.69, 9.17) is 5.73 Å². The van der Waals surface area contributed by atoms with Crippen LogP contribution in [0.5, 0.6) is 0 Å². The molecule has 1 aromatic carbocycles. The molecule has 2 rings (SSSR count). The maximum absolute atomic E-state index is 5.83. The number of hydrogen-bond acceptors (Lipinski definition) is 3. The third kappa shape index (κ3) is 3.86. The molecule has 0 unspecified atom stereocenters. The van der Waals surface area contributed by atoms with E-state index in [1.807, 2.05) is 23.5 Å². The molecule has 0 amide bonds. The summed E-state index contributed by atoms with van der Waals surface area (Å²) in [4.78, 5) is 3.90. The Hall–Kier alpha value is -1.32. The second kappa shape index (κ2) is 6.57. The number of rotatable bonds is 6. The van der Waals surface area contributed by atoms with E-state index in [0.717, 1.165) is 25.3 Å². The molecule has 0 aliphatic rings. The number of benzene rings is 1. The molecule has 0 saturated heterocycles. The van der Waals surface area contributed by atoms with Crippen LogP contribution in [0.4, 0.5) is 5.69 Å². The van der Waals surface area contributed by atoms with E-state index in [-0.39, 0.29) is 0 Å². The first-order valence-electron chi connectivity index (χ1n) is 6.37. The first-order chi connectivity index (χ1) is 8.78. The van der Waals surface area contributed by atoms with Crippen molar-refractivity contribution in [2.45, 2.75) is 26.4 Å². The van der Waals surface area contributed by atoms with Crippen molar-refractivity contribution in [3.63, 3.8) is 0 Å². The van der Waals surface area contributed by atoms with Crippen molar-refractivity contribution < 1.29 is 0 Å². The fraction of sp³-hybridized carbons (Fsp3) is 0.333. The molecule has 0 fully saturated rings. The average Bonchev–Trinajstić information content (AvgIpc) is 2.82. The Morgan fingerprint density at radius 3 is 2.72 bits per heavy atom. The summed E-state index contributed by atoms with van der Waals surface area (Å²) in [5, 5.41) is 2.14. The van der Waals surface area contributed by atoms with E-state index in [9.17, 15) is 0 Å². The molecule has 0 atom stereocenters. The standard InChI is InChI=1S/C15H20N2S/c1-2-8-17(12-15-7-4-9-18-15)11-13-5-3-6-14(16)10-13/h3-7,9-10H,2,8,11-12,16H2,1H3. The van der Waals surface area contributed by atoms with Crippen LogP contribution >= 0.6 is 11.3 Å². The van der Waals surface area contributed by atoms with Gasteiger partial charge in [-0.2, -0.15) is 0 Å². The third-order valence-electron chi connectivity index (χ3n) is 2.86. The normalized spacial score (nSPS) is 11.0. The van der Waals surface area contributed by atoms with E-state index in [2.05, 4.69) is 41.5 Å². The van der Waals surface area contributed by atoms with Crippen LogP contribution in [0.1, 0.15) is 23.8 Å². The smallest absolute Gasteiger partial charge is 0.0331 e. The fourth-order valence-corrected chi connectivity index (χ4v) is 2.85. The van der Waals surface area contributed by atoms with Crippen LogP contribution in [-0.2, 0) is 13.1 Å². The predicted molar refractivity (Wildman–Crippen MR) is 79.6 cm³/mol. The summed E-state index contributed by atoms with van der Waals surface area (Å²) in [7, 11) is 0. The highest BCUT2D eigenvalue weighted by Gasteiger charge is 2.07. The summed E-state index contributed by atoms with van der Waals surface area (Å²) in [6.07, 6.45) is 1.17. The number of nitrogens with two attached hydrogens (primary N) is 1. The molecule has 0 radical (unpaired) electrons. The highest BCUT2D eigenvalue weighted by molar-refractivity contribution is 7.09. The van der Waals surface area contributed by atoms with Crippen LogP contribution < -0.4 is 5.73 Å². The fourth-order valence-electron chi connectivity index (χ4n) is 2.10. The van der Waals surface area contributed by atoms with Crippen LogP contribution in [-0.4, -0.2) is 11.4 Å². The first kappa shape index (κ1) is 13.1. The summed E-state index contributed by atoms with van der Waals surface area (Å²) in [5.74, 6) is 0. The van der Waals surface area contributed by atoms with Crippen molar-refractivity contribution in [1.82, 2.24) is 4.90 Å². The van der Waals surface area contributed by atoms with E-state index in [0.29, 0.717) is 0 Å². The maximum atomic E-state index is 5.83. The molecule has 2 N–H and O–H groups in total. The summed E-state index contributed by atoms with van der Waals surface area (Å²) in [6.45, 7) is 5.34. The van der Waals surface area contributed by atoms with Gasteiger partial charge in [-0.25, -0.2) is 0 Å². The average molecular weight is 260 g/mol. The zero-order valence-corrected chi connectivity index (χ0v) is 11.6. The van der Waals surface area contributed by atoms with Gasteiger partial charge in [0.1, 0.15) is 0 Å². The minimum Gasteiger partial charge on any atom is -0.399 e. The Labute approximate surface area is 113 Å². The molecule has 18 heavy (non-hydrogen) atoms. The number of thiophene rings is 1. The zero-order valence-electron chi connectivity index (χ0n) is 10.8. The molecule has 96 valence electrons. The molecule has 0 aliphatic heterocycles. The SMILES string of the molecule is CCCN(Cc1cccc(N)c1)Cc1cccs1. The molecule has 2 aromatic rings. The molecule has 1 aromatic heterocycles. The lowest BCUT2D eigenvalue weighted by atomic mass is 10.2. The van der Waals surface area contributed by atoms with Gasteiger partial charge in [0.2, 0.25) is 0 Å². The second-order valence-corrected chi connectivity index (χ2v) is 5.57. The van der Waals surface area contributed by atoms with Gasteiger partial charge >= 0.3 is 0 Å². The topological polar surface area (TPSA) is 29.3 Å². The number of anilines is 1. The minimum absolute atomic E-state index is 0.847. The number of hydrogen-bond donors (Lipinski definition) is 1.